The lowest BCUT2D eigenvalue weighted by Crippen LogP contribution is -2.52. The van der Waals surface area contributed by atoms with Crippen LogP contribution in [0.1, 0.15) is 31.5 Å². The molecule has 1 fully saturated rings. The molecule has 9 heteroatoms. The predicted octanol–water partition coefficient (Wildman–Crippen LogP) is 3.48. The Balaban J connectivity index is 1.41. The maximum Gasteiger partial charge on any atom is 0.163 e. The molecule has 9 nitrogen and oxygen atoms in total. The normalized spacial score (nSPS) is 17.6. The van der Waals surface area contributed by atoms with Gasteiger partial charge in [0.25, 0.3) is 0 Å². The quantitative estimate of drug-likeness (QED) is 0.515. The van der Waals surface area contributed by atoms with E-state index in [0.717, 1.165) is 53.6 Å². The van der Waals surface area contributed by atoms with Gasteiger partial charge in [-0.25, -0.2) is 4.98 Å². The molecule has 0 radical (unpaired) electrons. The summed E-state index contributed by atoms with van der Waals surface area (Å²) in [4.78, 5) is 11.0. The Labute approximate surface area is 192 Å². The van der Waals surface area contributed by atoms with Gasteiger partial charge in [0.1, 0.15) is 11.9 Å². The first-order valence-corrected chi connectivity index (χ1v) is 11.0. The third kappa shape index (κ3) is 3.96. The van der Waals surface area contributed by atoms with Crippen LogP contribution in [0.5, 0.6) is 0 Å². The molecule has 33 heavy (non-hydrogen) atoms. The summed E-state index contributed by atoms with van der Waals surface area (Å²) < 4.78 is 1.90. The summed E-state index contributed by atoms with van der Waals surface area (Å²) in [5.41, 5.74) is 3.93. The van der Waals surface area contributed by atoms with Crippen LogP contribution in [0.15, 0.2) is 48.9 Å². The Hall–Kier alpha value is -4.06. The Morgan fingerprint density at radius 1 is 1.18 bits per heavy atom. The highest BCUT2D eigenvalue weighted by atomic mass is 15.3. The molecule has 1 aliphatic heterocycles. The number of pyridine rings is 1. The van der Waals surface area contributed by atoms with Gasteiger partial charge in [0.2, 0.25) is 0 Å². The number of rotatable bonds is 4. The Morgan fingerprint density at radius 3 is 2.76 bits per heavy atom. The lowest BCUT2D eigenvalue weighted by molar-refractivity contribution is 0.259. The molecule has 0 aliphatic carbocycles. The Morgan fingerprint density at radius 2 is 2.06 bits per heavy atom. The van der Waals surface area contributed by atoms with Gasteiger partial charge < -0.3 is 10.2 Å². The zero-order chi connectivity index (χ0) is 23.0. The first kappa shape index (κ1) is 20.8. The van der Waals surface area contributed by atoms with E-state index in [2.05, 4.69) is 51.2 Å². The maximum absolute atomic E-state index is 8.97. The zero-order valence-electron chi connectivity index (χ0n) is 18.9. The second-order valence-electron chi connectivity index (χ2n) is 9.12. The topological polar surface area (TPSA) is 108 Å². The molecule has 0 aromatic carbocycles. The minimum absolute atomic E-state index is 0.0464. The molecule has 0 bridgehead atoms. The van der Waals surface area contributed by atoms with Crippen LogP contribution in [0.3, 0.4) is 0 Å². The van der Waals surface area contributed by atoms with Gasteiger partial charge in [-0.15, -0.1) is 10.2 Å². The number of hydrogen-bond donors (Lipinski definition) is 1. The number of anilines is 2. The van der Waals surface area contributed by atoms with E-state index in [1.54, 1.807) is 12.3 Å². The third-order valence-electron chi connectivity index (χ3n) is 6.25. The van der Waals surface area contributed by atoms with Gasteiger partial charge >= 0.3 is 0 Å². The van der Waals surface area contributed by atoms with Crippen LogP contribution in [0.4, 0.5) is 11.6 Å². The molecule has 0 amide bonds. The minimum atomic E-state index is -0.0464. The largest absolute Gasteiger partial charge is 0.366 e. The number of nitrogens with zero attached hydrogens (tertiary/aromatic N) is 8. The lowest BCUT2D eigenvalue weighted by atomic mass is 9.79. The SMILES string of the molecule is Cc1cnc2cc(-c3cccnc3)nn2c1NC1CCN(c2ccc(C#N)nn2)CC1(C)C. The highest BCUT2D eigenvalue weighted by Crippen LogP contribution is 2.34. The molecule has 1 unspecified atom stereocenters. The number of aryl methyl sites for hydroxylation is 1. The number of hydrogen-bond acceptors (Lipinski definition) is 8. The fraction of sp³-hybridized carbons (Fsp3) is 0.333. The molecule has 0 spiro atoms. The summed E-state index contributed by atoms with van der Waals surface area (Å²) in [6, 6.07) is 11.7. The van der Waals surface area contributed by atoms with Crippen LogP contribution in [0.25, 0.3) is 16.9 Å². The second kappa shape index (κ2) is 8.13. The van der Waals surface area contributed by atoms with Gasteiger partial charge in [0.05, 0.1) is 5.69 Å². The molecule has 0 saturated carbocycles. The number of nitriles is 1. The van der Waals surface area contributed by atoms with E-state index in [1.807, 2.05) is 47.2 Å². The van der Waals surface area contributed by atoms with Crippen molar-refractivity contribution in [2.75, 3.05) is 23.3 Å². The average molecular weight is 440 g/mol. The van der Waals surface area contributed by atoms with E-state index in [9.17, 15) is 0 Å². The first-order chi connectivity index (χ1) is 15.9. The first-order valence-electron chi connectivity index (χ1n) is 11.0. The van der Waals surface area contributed by atoms with Crippen LogP contribution in [-0.2, 0) is 0 Å². The van der Waals surface area contributed by atoms with Gasteiger partial charge in [-0.1, -0.05) is 13.8 Å². The highest BCUT2D eigenvalue weighted by Gasteiger charge is 2.37. The summed E-state index contributed by atoms with van der Waals surface area (Å²) >= 11 is 0. The number of piperidine rings is 1. The number of fused-ring (bicyclic) bond motifs is 1. The van der Waals surface area contributed by atoms with Gasteiger partial charge in [-0.05, 0) is 37.6 Å². The summed E-state index contributed by atoms with van der Waals surface area (Å²) in [6.07, 6.45) is 6.38. The standard InChI is InChI=1S/C24H25N9/c1-16-13-27-22-11-19(17-5-4-9-26-14-17)31-33(22)23(16)28-20-8-10-32(15-24(20,2)3)21-7-6-18(12-25)29-30-21/h4-7,9,11,13-14,20,28H,8,10,15H2,1-3H3. The van der Waals surface area contributed by atoms with Crippen LogP contribution < -0.4 is 10.2 Å². The van der Waals surface area contributed by atoms with Crippen LogP contribution >= 0.6 is 0 Å². The smallest absolute Gasteiger partial charge is 0.163 e. The molecule has 166 valence electrons. The van der Waals surface area contributed by atoms with Crippen molar-refractivity contribution in [3.05, 3.63) is 60.2 Å². The summed E-state index contributed by atoms with van der Waals surface area (Å²) in [5, 5.41) is 25.8. The van der Waals surface area contributed by atoms with Crippen molar-refractivity contribution < 1.29 is 0 Å². The fourth-order valence-electron chi connectivity index (χ4n) is 4.39. The summed E-state index contributed by atoms with van der Waals surface area (Å²) in [5.74, 6) is 1.76. The summed E-state index contributed by atoms with van der Waals surface area (Å²) in [6.45, 7) is 8.22. The third-order valence-corrected chi connectivity index (χ3v) is 6.25. The van der Waals surface area contributed by atoms with Crippen LogP contribution in [0, 0.1) is 23.7 Å². The maximum atomic E-state index is 8.97. The van der Waals surface area contributed by atoms with Gasteiger partial charge in [-0.3, -0.25) is 4.98 Å². The minimum Gasteiger partial charge on any atom is -0.366 e. The van der Waals surface area contributed by atoms with Crippen molar-refractivity contribution in [1.82, 2.24) is 29.8 Å². The molecule has 1 atom stereocenters. The van der Waals surface area contributed by atoms with E-state index in [-0.39, 0.29) is 11.5 Å². The molecule has 4 aromatic heterocycles. The predicted molar refractivity (Wildman–Crippen MR) is 126 cm³/mol. The van der Waals surface area contributed by atoms with E-state index in [1.165, 1.54) is 0 Å². The zero-order valence-corrected chi connectivity index (χ0v) is 18.9. The highest BCUT2D eigenvalue weighted by molar-refractivity contribution is 5.65. The van der Waals surface area contributed by atoms with Crippen LogP contribution in [0.2, 0.25) is 0 Å². The van der Waals surface area contributed by atoms with Gasteiger partial charge in [0.15, 0.2) is 17.2 Å². The number of nitrogens with one attached hydrogen (secondary N) is 1. The van der Waals surface area contributed by atoms with Crippen LogP contribution in [-0.4, -0.2) is 48.9 Å². The van der Waals surface area contributed by atoms with Crippen molar-refractivity contribution in [3.8, 4) is 17.3 Å². The van der Waals surface area contributed by atoms with Crippen molar-refractivity contribution in [2.24, 2.45) is 5.41 Å². The molecular formula is C24H25N9. The Kier molecular flexibility index (Phi) is 5.13. The van der Waals surface area contributed by atoms with E-state index in [4.69, 9.17) is 10.4 Å². The monoisotopic (exact) mass is 439 g/mol. The van der Waals surface area contributed by atoms with Crippen molar-refractivity contribution >= 4 is 17.3 Å². The van der Waals surface area contributed by atoms with Crippen molar-refractivity contribution in [2.45, 2.75) is 33.2 Å². The molecule has 4 aromatic rings. The second-order valence-corrected chi connectivity index (χ2v) is 9.12. The molecule has 1 aliphatic rings. The Bertz CT molecular complexity index is 1320. The molecule has 5 heterocycles. The molecule has 5 rings (SSSR count). The van der Waals surface area contributed by atoms with E-state index < -0.39 is 0 Å². The molecular weight excluding hydrogens is 414 g/mol. The van der Waals surface area contributed by atoms with Crippen molar-refractivity contribution in [1.29, 1.82) is 5.26 Å². The van der Waals surface area contributed by atoms with E-state index in [0.29, 0.717) is 5.69 Å². The fourth-order valence-corrected chi connectivity index (χ4v) is 4.39. The molecule has 1 saturated heterocycles. The van der Waals surface area contributed by atoms with Crippen molar-refractivity contribution in [3.63, 3.8) is 0 Å². The number of aromatic nitrogens is 6. The van der Waals surface area contributed by atoms with Gasteiger partial charge in [-0.2, -0.15) is 14.9 Å². The van der Waals surface area contributed by atoms with E-state index >= 15 is 0 Å². The summed E-state index contributed by atoms with van der Waals surface area (Å²) in [7, 11) is 0. The average Bonchev–Trinajstić information content (AvgIpc) is 3.27. The lowest BCUT2D eigenvalue weighted by Gasteiger charge is -2.45. The van der Waals surface area contributed by atoms with Gasteiger partial charge in [0, 0.05) is 60.3 Å². The molecule has 1 N–H and O–H groups in total.